The molecule has 6 heteroatoms. The molecule has 0 aliphatic heterocycles. The van der Waals surface area contributed by atoms with Crippen molar-refractivity contribution in [1.82, 2.24) is 15.2 Å². The van der Waals surface area contributed by atoms with Gasteiger partial charge in [0.2, 0.25) is 0 Å². The van der Waals surface area contributed by atoms with Gasteiger partial charge in [0, 0.05) is 43.8 Å². The second kappa shape index (κ2) is 15.2. The fraction of sp³-hybridized carbons (Fsp3) is 0.231. The normalized spacial score (nSPS) is 13.2. The molecule has 1 fully saturated rings. The van der Waals surface area contributed by atoms with Gasteiger partial charge >= 0.3 is 6.03 Å². The molecule has 45 heavy (non-hydrogen) atoms. The van der Waals surface area contributed by atoms with Crippen molar-refractivity contribution in [2.24, 2.45) is 0 Å². The van der Waals surface area contributed by atoms with Gasteiger partial charge in [-0.2, -0.15) is 0 Å². The predicted octanol–water partition coefficient (Wildman–Crippen LogP) is 9.20. The predicted molar refractivity (Wildman–Crippen MR) is 181 cm³/mol. The molecule has 0 radical (unpaired) electrons. The molecular weight excluding hydrogens is 556 g/mol. The van der Waals surface area contributed by atoms with E-state index in [0.29, 0.717) is 30.6 Å². The third kappa shape index (κ3) is 8.80. The van der Waals surface area contributed by atoms with Crippen LogP contribution in [0.1, 0.15) is 48.8 Å². The molecule has 5 aromatic rings. The SMILES string of the molecule is O=C(Nc1ccc(Oc2ccccc2)cc1)N(Cc1ccc(-c2ccc(CNC3CCCCC3)cc2)cc1)Cc1cccnc1. The summed E-state index contributed by atoms with van der Waals surface area (Å²) >= 11 is 0. The zero-order valence-electron chi connectivity index (χ0n) is 25.6. The van der Waals surface area contributed by atoms with Crippen molar-refractivity contribution >= 4 is 11.7 Å². The molecule has 1 saturated carbocycles. The molecule has 0 bridgehead atoms. The molecule has 1 heterocycles. The van der Waals surface area contributed by atoms with Crippen LogP contribution in [0.3, 0.4) is 0 Å². The van der Waals surface area contributed by atoms with Crippen LogP contribution in [0, 0.1) is 0 Å². The molecule has 6 rings (SSSR count). The number of rotatable bonds is 11. The smallest absolute Gasteiger partial charge is 0.322 e. The maximum Gasteiger partial charge on any atom is 0.322 e. The van der Waals surface area contributed by atoms with Crippen molar-refractivity contribution in [3.8, 4) is 22.6 Å². The van der Waals surface area contributed by atoms with E-state index in [1.54, 1.807) is 17.3 Å². The Labute approximate surface area is 266 Å². The summed E-state index contributed by atoms with van der Waals surface area (Å²) in [5, 5.41) is 6.78. The van der Waals surface area contributed by atoms with Gasteiger partial charge in [0.15, 0.2) is 0 Å². The lowest BCUT2D eigenvalue weighted by Gasteiger charge is -2.23. The summed E-state index contributed by atoms with van der Waals surface area (Å²) in [7, 11) is 0. The van der Waals surface area contributed by atoms with Crippen LogP contribution < -0.4 is 15.4 Å². The minimum absolute atomic E-state index is 0.183. The molecule has 0 spiro atoms. The molecule has 0 unspecified atom stereocenters. The second-order valence-electron chi connectivity index (χ2n) is 11.7. The number of aromatic nitrogens is 1. The number of hydrogen-bond donors (Lipinski definition) is 2. The van der Waals surface area contributed by atoms with Gasteiger partial charge in [-0.1, -0.05) is 92.1 Å². The van der Waals surface area contributed by atoms with E-state index in [9.17, 15) is 4.79 Å². The highest BCUT2D eigenvalue weighted by Gasteiger charge is 2.16. The Kier molecular flexibility index (Phi) is 10.2. The molecule has 1 aromatic heterocycles. The molecule has 6 nitrogen and oxygen atoms in total. The summed E-state index contributed by atoms with van der Waals surface area (Å²) in [6.07, 6.45) is 10.2. The summed E-state index contributed by atoms with van der Waals surface area (Å²) in [6.45, 7) is 1.82. The van der Waals surface area contributed by atoms with Gasteiger partial charge < -0.3 is 20.3 Å². The first-order chi connectivity index (χ1) is 22.2. The van der Waals surface area contributed by atoms with Gasteiger partial charge in [0.05, 0.1) is 0 Å². The van der Waals surface area contributed by atoms with Crippen molar-refractivity contribution in [2.45, 2.75) is 57.8 Å². The van der Waals surface area contributed by atoms with Crippen molar-refractivity contribution in [3.63, 3.8) is 0 Å². The second-order valence-corrected chi connectivity index (χ2v) is 11.7. The van der Waals surface area contributed by atoms with E-state index in [1.807, 2.05) is 66.7 Å². The Bertz CT molecular complexity index is 1620. The van der Waals surface area contributed by atoms with E-state index in [1.165, 1.54) is 43.2 Å². The standard InChI is InChI=1S/C39H40N4O2/c44-39(42-36-21-23-38(24-22-36)45-37-11-5-2-6-12-37)43(29-32-8-7-25-40-26-32)28-31-15-19-34(20-16-31)33-17-13-30(14-18-33)27-41-35-9-3-1-4-10-35/h2,5-8,11-26,35,41H,1,3-4,9-10,27-29H2,(H,42,44). The molecule has 1 aliphatic carbocycles. The average Bonchev–Trinajstić information content (AvgIpc) is 3.10. The maximum absolute atomic E-state index is 13.5. The van der Waals surface area contributed by atoms with Crippen LogP contribution >= 0.6 is 0 Å². The Morgan fingerprint density at radius 3 is 2.00 bits per heavy atom. The molecule has 0 saturated heterocycles. The number of carbonyl (C=O) groups is 1. The summed E-state index contributed by atoms with van der Waals surface area (Å²) in [5.74, 6) is 1.47. The average molecular weight is 597 g/mol. The highest BCUT2D eigenvalue weighted by atomic mass is 16.5. The Hall–Kier alpha value is -4.94. The van der Waals surface area contributed by atoms with Gasteiger partial charge in [-0.3, -0.25) is 4.98 Å². The third-order valence-electron chi connectivity index (χ3n) is 8.28. The molecule has 0 atom stereocenters. The van der Waals surface area contributed by atoms with Gasteiger partial charge in [0.1, 0.15) is 11.5 Å². The number of nitrogens with one attached hydrogen (secondary N) is 2. The van der Waals surface area contributed by atoms with E-state index in [-0.39, 0.29) is 6.03 Å². The van der Waals surface area contributed by atoms with Gasteiger partial charge in [0.25, 0.3) is 0 Å². The zero-order chi connectivity index (χ0) is 30.7. The zero-order valence-corrected chi connectivity index (χ0v) is 25.6. The number of anilines is 1. The number of benzene rings is 4. The number of hydrogen-bond acceptors (Lipinski definition) is 4. The van der Waals surface area contributed by atoms with Crippen LogP contribution in [-0.4, -0.2) is 22.0 Å². The molecule has 228 valence electrons. The van der Waals surface area contributed by atoms with Crippen LogP contribution in [0.2, 0.25) is 0 Å². The van der Waals surface area contributed by atoms with Crippen LogP contribution in [0.4, 0.5) is 10.5 Å². The van der Waals surface area contributed by atoms with E-state index in [4.69, 9.17) is 4.74 Å². The Morgan fingerprint density at radius 2 is 1.33 bits per heavy atom. The topological polar surface area (TPSA) is 66.5 Å². The number of nitrogens with zero attached hydrogens (tertiary/aromatic N) is 2. The number of urea groups is 1. The highest BCUT2D eigenvalue weighted by Crippen LogP contribution is 2.25. The van der Waals surface area contributed by atoms with E-state index in [0.717, 1.165) is 29.0 Å². The summed E-state index contributed by atoms with van der Waals surface area (Å²) in [4.78, 5) is 19.6. The minimum atomic E-state index is -0.183. The fourth-order valence-electron chi connectivity index (χ4n) is 5.75. The van der Waals surface area contributed by atoms with Crippen molar-refractivity contribution in [1.29, 1.82) is 0 Å². The summed E-state index contributed by atoms with van der Waals surface area (Å²) < 4.78 is 5.89. The minimum Gasteiger partial charge on any atom is -0.457 e. The lowest BCUT2D eigenvalue weighted by molar-refractivity contribution is 0.206. The molecule has 2 amide bonds. The first kappa shape index (κ1) is 30.1. The van der Waals surface area contributed by atoms with Gasteiger partial charge in [-0.15, -0.1) is 0 Å². The number of carbonyl (C=O) groups excluding carboxylic acids is 1. The van der Waals surface area contributed by atoms with Crippen LogP contribution in [0.15, 0.2) is 128 Å². The summed E-state index contributed by atoms with van der Waals surface area (Å²) in [5.41, 5.74) is 6.38. The number of amides is 2. The lowest BCUT2D eigenvalue weighted by Crippen LogP contribution is -2.34. The van der Waals surface area contributed by atoms with Crippen molar-refractivity contribution < 1.29 is 9.53 Å². The fourth-order valence-corrected chi connectivity index (χ4v) is 5.75. The molecular formula is C39H40N4O2. The number of ether oxygens (including phenoxy) is 1. The maximum atomic E-state index is 13.5. The van der Waals surface area contributed by atoms with E-state index in [2.05, 4.69) is 64.1 Å². The molecule has 1 aliphatic rings. The Balaban J connectivity index is 1.09. The monoisotopic (exact) mass is 596 g/mol. The molecule has 4 aromatic carbocycles. The first-order valence-corrected chi connectivity index (χ1v) is 15.9. The van der Waals surface area contributed by atoms with Crippen LogP contribution in [-0.2, 0) is 19.6 Å². The van der Waals surface area contributed by atoms with Gasteiger partial charge in [-0.25, -0.2) is 4.79 Å². The van der Waals surface area contributed by atoms with E-state index >= 15 is 0 Å². The van der Waals surface area contributed by atoms with Crippen LogP contribution in [0.25, 0.3) is 11.1 Å². The number of para-hydroxylation sites is 1. The third-order valence-corrected chi connectivity index (χ3v) is 8.28. The quantitative estimate of drug-likeness (QED) is 0.160. The lowest BCUT2D eigenvalue weighted by atomic mass is 9.95. The highest BCUT2D eigenvalue weighted by molar-refractivity contribution is 5.89. The Morgan fingerprint density at radius 1 is 0.689 bits per heavy atom. The van der Waals surface area contributed by atoms with Gasteiger partial charge in [-0.05, 0) is 83.1 Å². The van der Waals surface area contributed by atoms with Crippen molar-refractivity contribution in [3.05, 3.63) is 144 Å². The first-order valence-electron chi connectivity index (χ1n) is 15.9. The van der Waals surface area contributed by atoms with E-state index < -0.39 is 0 Å². The van der Waals surface area contributed by atoms with Crippen LogP contribution in [0.5, 0.6) is 11.5 Å². The largest absolute Gasteiger partial charge is 0.457 e. The van der Waals surface area contributed by atoms with Crippen molar-refractivity contribution in [2.75, 3.05) is 5.32 Å². The molecule has 2 N–H and O–H groups in total. The summed E-state index contributed by atoms with van der Waals surface area (Å²) in [6, 6.07) is 38.7. The number of pyridine rings is 1.